The molecule has 1 N–H and O–H groups in total. The van der Waals surface area contributed by atoms with E-state index in [2.05, 4.69) is 4.98 Å². The maximum Gasteiger partial charge on any atom is 0.307 e. The molecule has 6 heteroatoms. The zero-order valence-corrected chi connectivity index (χ0v) is 16.4. The summed E-state index contributed by atoms with van der Waals surface area (Å²) in [5.41, 5.74) is 2.50. The van der Waals surface area contributed by atoms with Crippen LogP contribution in [0.4, 0.5) is 0 Å². The Bertz CT molecular complexity index is 969. The Kier molecular flexibility index (Phi) is 6.68. The number of nitrogens with zero attached hydrogens (tertiary/aromatic N) is 1. The Morgan fingerprint density at radius 2 is 1.83 bits per heavy atom. The molecule has 0 aliphatic rings. The van der Waals surface area contributed by atoms with Gasteiger partial charge in [-0.1, -0.05) is 19.1 Å². The molecule has 2 aromatic carbocycles. The van der Waals surface area contributed by atoms with E-state index >= 15 is 0 Å². The van der Waals surface area contributed by atoms with Crippen molar-refractivity contribution in [2.45, 2.75) is 19.8 Å². The monoisotopic (exact) mass is 393 g/mol. The Labute approximate surface area is 169 Å². The highest BCUT2D eigenvalue weighted by molar-refractivity contribution is 5.70. The van der Waals surface area contributed by atoms with Gasteiger partial charge in [-0.3, -0.25) is 4.79 Å². The molecule has 0 bridgehead atoms. The second kappa shape index (κ2) is 9.59. The fourth-order valence-corrected chi connectivity index (χ4v) is 2.82. The summed E-state index contributed by atoms with van der Waals surface area (Å²) >= 11 is 0. The van der Waals surface area contributed by atoms with Gasteiger partial charge < -0.3 is 19.3 Å². The van der Waals surface area contributed by atoms with E-state index in [1.807, 2.05) is 37.3 Å². The summed E-state index contributed by atoms with van der Waals surface area (Å²) < 4.78 is 16.8. The average Bonchev–Trinajstić information content (AvgIpc) is 2.72. The number of benzene rings is 2. The van der Waals surface area contributed by atoms with Crippen molar-refractivity contribution in [3.63, 3.8) is 0 Å². The van der Waals surface area contributed by atoms with Crippen LogP contribution in [-0.2, 0) is 11.2 Å². The number of aliphatic carboxylic acids is 1. The number of ether oxygens (including phenoxy) is 3. The molecule has 3 rings (SSSR count). The summed E-state index contributed by atoms with van der Waals surface area (Å²) in [4.78, 5) is 15.3. The van der Waals surface area contributed by atoms with Crippen LogP contribution >= 0.6 is 0 Å². The quantitative estimate of drug-likeness (QED) is 0.553. The summed E-state index contributed by atoms with van der Waals surface area (Å²) in [5, 5.41) is 9.12. The van der Waals surface area contributed by atoms with Crippen LogP contribution in [0.1, 0.15) is 18.9 Å². The van der Waals surface area contributed by atoms with Gasteiger partial charge >= 0.3 is 5.97 Å². The van der Waals surface area contributed by atoms with Gasteiger partial charge in [0.2, 0.25) is 5.88 Å². The number of carbonyl (C=O) groups is 1. The van der Waals surface area contributed by atoms with E-state index in [-0.39, 0.29) is 6.42 Å². The van der Waals surface area contributed by atoms with Gasteiger partial charge in [-0.25, -0.2) is 4.98 Å². The Balaban J connectivity index is 1.85. The lowest BCUT2D eigenvalue weighted by atomic mass is 10.1. The van der Waals surface area contributed by atoms with Crippen LogP contribution in [0, 0.1) is 0 Å². The van der Waals surface area contributed by atoms with Crippen molar-refractivity contribution < 1.29 is 24.1 Å². The van der Waals surface area contributed by atoms with Crippen LogP contribution in [0.2, 0.25) is 0 Å². The number of carboxylic acids is 1. The third-order valence-electron chi connectivity index (χ3n) is 4.12. The fourth-order valence-electron chi connectivity index (χ4n) is 2.82. The number of rotatable bonds is 9. The number of carboxylic acid groups (broad SMARTS) is 1. The molecule has 0 saturated carbocycles. The van der Waals surface area contributed by atoms with E-state index in [4.69, 9.17) is 19.3 Å². The fraction of sp³-hybridized carbons (Fsp3) is 0.217. The topological polar surface area (TPSA) is 77.9 Å². The number of hydrogen-bond donors (Lipinski definition) is 1. The van der Waals surface area contributed by atoms with Gasteiger partial charge in [-0.2, -0.15) is 0 Å². The summed E-state index contributed by atoms with van der Waals surface area (Å²) in [5.74, 6) is 1.40. The Morgan fingerprint density at radius 3 is 2.52 bits per heavy atom. The minimum Gasteiger partial charge on any atom is -0.493 e. The lowest BCUT2D eigenvalue weighted by Crippen LogP contribution is -2.02. The van der Waals surface area contributed by atoms with Gasteiger partial charge in [0.15, 0.2) is 0 Å². The van der Waals surface area contributed by atoms with Crippen molar-refractivity contribution in [3.05, 3.63) is 66.4 Å². The zero-order chi connectivity index (χ0) is 20.6. The molecule has 0 atom stereocenters. The molecule has 0 unspecified atom stereocenters. The number of aromatic nitrogens is 1. The largest absolute Gasteiger partial charge is 0.493 e. The van der Waals surface area contributed by atoms with Crippen LogP contribution < -0.4 is 14.2 Å². The highest BCUT2D eigenvalue weighted by Crippen LogP contribution is 2.31. The van der Waals surface area contributed by atoms with Gasteiger partial charge in [0.25, 0.3) is 0 Å². The van der Waals surface area contributed by atoms with Crippen molar-refractivity contribution in [2.24, 2.45) is 0 Å². The first-order valence-electron chi connectivity index (χ1n) is 9.34. The normalized spacial score (nSPS) is 10.4. The molecule has 0 aliphatic heterocycles. The second-order valence-electron chi connectivity index (χ2n) is 6.45. The third kappa shape index (κ3) is 5.72. The Hall–Kier alpha value is -3.54. The van der Waals surface area contributed by atoms with Crippen LogP contribution in [0.3, 0.4) is 0 Å². The molecule has 0 radical (unpaired) electrons. The lowest BCUT2D eigenvalue weighted by molar-refractivity contribution is -0.136. The predicted octanol–water partition coefficient (Wildman–Crippen LogP) is 4.97. The predicted molar refractivity (Wildman–Crippen MR) is 110 cm³/mol. The molecule has 1 aromatic heterocycles. The van der Waals surface area contributed by atoms with Crippen molar-refractivity contribution in [1.82, 2.24) is 4.98 Å². The first kappa shape index (κ1) is 20.2. The van der Waals surface area contributed by atoms with Crippen molar-refractivity contribution in [2.75, 3.05) is 13.7 Å². The van der Waals surface area contributed by atoms with E-state index in [1.165, 1.54) is 0 Å². The molecule has 0 aliphatic carbocycles. The maximum atomic E-state index is 11.1. The van der Waals surface area contributed by atoms with Crippen molar-refractivity contribution in [3.8, 4) is 34.3 Å². The highest BCUT2D eigenvalue weighted by atomic mass is 16.5. The van der Waals surface area contributed by atoms with Gasteiger partial charge in [0.05, 0.1) is 20.1 Å². The van der Waals surface area contributed by atoms with E-state index < -0.39 is 5.97 Å². The molecule has 0 fully saturated rings. The van der Waals surface area contributed by atoms with Gasteiger partial charge in [-0.15, -0.1) is 0 Å². The number of hydrogen-bond acceptors (Lipinski definition) is 5. The summed E-state index contributed by atoms with van der Waals surface area (Å²) in [6, 6.07) is 16.5. The van der Waals surface area contributed by atoms with Gasteiger partial charge in [-0.05, 0) is 47.9 Å². The highest BCUT2D eigenvalue weighted by Gasteiger charge is 2.09. The minimum atomic E-state index is -0.905. The van der Waals surface area contributed by atoms with Crippen LogP contribution in [0.5, 0.6) is 23.1 Å². The molecular formula is C23H23NO5. The van der Waals surface area contributed by atoms with Gasteiger partial charge in [0.1, 0.15) is 17.2 Å². The molecule has 0 spiro atoms. The lowest BCUT2D eigenvalue weighted by Gasteiger charge is -2.12. The molecule has 29 heavy (non-hydrogen) atoms. The van der Waals surface area contributed by atoms with Crippen LogP contribution in [-0.4, -0.2) is 29.8 Å². The van der Waals surface area contributed by atoms with Crippen LogP contribution in [0.15, 0.2) is 60.8 Å². The first-order chi connectivity index (χ1) is 14.1. The summed E-state index contributed by atoms with van der Waals surface area (Å²) in [7, 11) is 1.58. The SMILES string of the molecule is CCCOc1cc(CC(=O)O)cc(Oc2cccc(-c3ccc(OC)nc3)c2)c1. The van der Waals surface area contributed by atoms with E-state index in [9.17, 15) is 4.79 Å². The van der Waals surface area contributed by atoms with E-state index in [0.29, 0.717) is 35.3 Å². The van der Waals surface area contributed by atoms with Crippen molar-refractivity contribution in [1.29, 1.82) is 0 Å². The number of pyridine rings is 1. The summed E-state index contributed by atoms with van der Waals surface area (Å²) in [6.07, 6.45) is 2.50. The van der Waals surface area contributed by atoms with Crippen molar-refractivity contribution >= 4 is 5.97 Å². The van der Waals surface area contributed by atoms with E-state index in [0.717, 1.165) is 17.5 Å². The second-order valence-corrected chi connectivity index (χ2v) is 6.45. The maximum absolute atomic E-state index is 11.1. The molecule has 1 heterocycles. The molecule has 0 amide bonds. The molecule has 6 nitrogen and oxygen atoms in total. The zero-order valence-electron chi connectivity index (χ0n) is 16.4. The average molecular weight is 393 g/mol. The van der Waals surface area contributed by atoms with Crippen LogP contribution in [0.25, 0.3) is 11.1 Å². The van der Waals surface area contributed by atoms with E-state index in [1.54, 1.807) is 37.6 Å². The molecular weight excluding hydrogens is 370 g/mol. The summed E-state index contributed by atoms with van der Waals surface area (Å²) in [6.45, 7) is 2.56. The molecule has 3 aromatic rings. The third-order valence-corrected chi connectivity index (χ3v) is 4.12. The Morgan fingerprint density at radius 1 is 1.00 bits per heavy atom. The smallest absolute Gasteiger partial charge is 0.307 e. The first-order valence-corrected chi connectivity index (χ1v) is 9.34. The molecule has 150 valence electrons. The van der Waals surface area contributed by atoms with Gasteiger partial charge in [0, 0.05) is 23.9 Å². The standard InChI is InChI=1S/C23H23NO5/c1-3-9-28-20-10-16(12-23(25)26)11-21(14-20)29-19-6-4-5-17(13-19)18-7-8-22(27-2)24-15-18/h4-8,10-11,13-15H,3,9,12H2,1-2H3,(H,25,26). The minimum absolute atomic E-state index is 0.1000. The number of methoxy groups -OCH3 is 1. The molecule has 0 saturated heterocycles.